The number of hydrogen-bond donors (Lipinski definition) is 3. The van der Waals surface area contributed by atoms with Crippen molar-refractivity contribution in [1.82, 2.24) is 4.90 Å². The average molecular weight is 346 g/mol. The van der Waals surface area contributed by atoms with Crippen molar-refractivity contribution in [1.29, 1.82) is 0 Å². The van der Waals surface area contributed by atoms with Crippen LogP contribution in [0.3, 0.4) is 0 Å². The second-order valence-corrected chi connectivity index (χ2v) is 6.84. The predicted molar refractivity (Wildman–Crippen MR) is 97.0 cm³/mol. The lowest BCUT2D eigenvalue weighted by Crippen LogP contribution is -2.46. The van der Waals surface area contributed by atoms with Gasteiger partial charge in [-0.2, -0.15) is 0 Å². The number of benzene rings is 1. The molecule has 1 aromatic rings. The molecule has 0 spiro atoms. The monoisotopic (exact) mass is 346 g/mol. The molecule has 0 radical (unpaired) electrons. The molecule has 1 saturated heterocycles. The van der Waals surface area contributed by atoms with Crippen LogP contribution in [-0.2, 0) is 9.59 Å². The summed E-state index contributed by atoms with van der Waals surface area (Å²) in [4.78, 5) is 36.9. The Morgan fingerprint density at radius 1 is 1.16 bits per heavy atom. The average Bonchev–Trinajstić information content (AvgIpc) is 2.56. The van der Waals surface area contributed by atoms with E-state index in [1.807, 2.05) is 13.8 Å². The number of piperidine rings is 1. The lowest BCUT2D eigenvalue weighted by Gasteiger charge is -2.30. The third-order valence-electron chi connectivity index (χ3n) is 4.13. The molecule has 0 unspecified atom stereocenters. The number of carbonyl (C=O) groups is 3. The number of urea groups is 1. The van der Waals surface area contributed by atoms with Crippen molar-refractivity contribution in [2.24, 2.45) is 17.6 Å². The lowest BCUT2D eigenvalue weighted by atomic mass is 9.97. The summed E-state index contributed by atoms with van der Waals surface area (Å²) in [5.41, 5.74) is 6.64. The van der Waals surface area contributed by atoms with Gasteiger partial charge < -0.3 is 21.3 Å². The van der Waals surface area contributed by atoms with E-state index in [2.05, 4.69) is 10.6 Å². The molecular formula is C18H26N4O3. The van der Waals surface area contributed by atoms with Crippen LogP contribution in [0.5, 0.6) is 0 Å². The molecule has 4 N–H and O–H groups in total. The fraction of sp³-hybridized carbons (Fsp3) is 0.500. The molecule has 25 heavy (non-hydrogen) atoms. The smallest absolute Gasteiger partial charge is 0.314 e. The van der Waals surface area contributed by atoms with E-state index in [9.17, 15) is 14.4 Å². The van der Waals surface area contributed by atoms with E-state index in [1.165, 1.54) is 4.90 Å². The molecule has 136 valence electrons. The Balaban J connectivity index is 1.89. The Morgan fingerprint density at radius 2 is 1.76 bits per heavy atom. The van der Waals surface area contributed by atoms with Gasteiger partial charge in [0.15, 0.2) is 0 Å². The Kier molecular flexibility index (Phi) is 6.38. The molecule has 1 atom stereocenters. The Morgan fingerprint density at radius 3 is 2.32 bits per heavy atom. The summed E-state index contributed by atoms with van der Waals surface area (Å²) in [6.45, 7) is 4.93. The van der Waals surface area contributed by atoms with Crippen LogP contribution in [-0.4, -0.2) is 35.8 Å². The van der Waals surface area contributed by atoms with Gasteiger partial charge in [-0.15, -0.1) is 0 Å². The van der Waals surface area contributed by atoms with Gasteiger partial charge in [0, 0.05) is 30.9 Å². The summed E-state index contributed by atoms with van der Waals surface area (Å²) in [5.74, 6) is -0.108. The van der Waals surface area contributed by atoms with Crippen molar-refractivity contribution >= 4 is 29.2 Å². The molecule has 0 bridgehead atoms. The molecule has 1 heterocycles. The first-order valence-corrected chi connectivity index (χ1v) is 8.60. The zero-order valence-corrected chi connectivity index (χ0v) is 14.7. The van der Waals surface area contributed by atoms with Crippen LogP contribution in [0.25, 0.3) is 0 Å². The topological polar surface area (TPSA) is 105 Å². The van der Waals surface area contributed by atoms with Crippen molar-refractivity contribution in [3.63, 3.8) is 0 Å². The fourth-order valence-corrected chi connectivity index (χ4v) is 2.86. The number of nitrogens with one attached hydrogen (secondary N) is 2. The molecule has 7 nitrogen and oxygen atoms in total. The van der Waals surface area contributed by atoms with Crippen LogP contribution >= 0.6 is 0 Å². The van der Waals surface area contributed by atoms with Crippen LogP contribution in [0.2, 0.25) is 0 Å². The van der Waals surface area contributed by atoms with Crippen LogP contribution in [0.4, 0.5) is 16.2 Å². The molecular weight excluding hydrogens is 320 g/mol. The van der Waals surface area contributed by atoms with E-state index in [1.54, 1.807) is 24.3 Å². The van der Waals surface area contributed by atoms with E-state index in [0.29, 0.717) is 36.8 Å². The first kappa shape index (κ1) is 18.8. The van der Waals surface area contributed by atoms with Crippen molar-refractivity contribution in [2.45, 2.75) is 33.1 Å². The normalized spacial score (nSPS) is 17.2. The van der Waals surface area contributed by atoms with E-state index in [-0.39, 0.29) is 17.7 Å². The zero-order chi connectivity index (χ0) is 18.4. The van der Waals surface area contributed by atoms with Crippen LogP contribution < -0.4 is 16.4 Å². The summed E-state index contributed by atoms with van der Waals surface area (Å²) in [7, 11) is 0. The number of likely N-dealkylation sites (tertiary alicyclic amines) is 1. The summed E-state index contributed by atoms with van der Waals surface area (Å²) in [6.07, 6.45) is 1.97. The summed E-state index contributed by atoms with van der Waals surface area (Å²) in [6, 6.07) is 6.52. The van der Waals surface area contributed by atoms with Crippen molar-refractivity contribution < 1.29 is 14.4 Å². The van der Waals surface area contributed by atoms with Crippen molar-refractivity contribution in [3.8, 4) is 0 Å². The Labute approximate surface area is 147 Å². The summed E-state index contributed by atoms with van der Waals surface area (Å²) >= 11 is 0. The maximum absolute atomic E-state index is 12.4. The number of anilines is 2. The van der Waals surface area contributed by atoms with E-state index in [0.717, 1.165) is 12.8 Å². The van der Waals surface area contributed by atoms with Gasteiger partial charge in [0.2, 0.25) is 11.8 Å². The van der Waals surface area contributed by atoms with Gasteiger partial charge in [-0.05, 0) is 43.0 Å². The van der Waals surface area contributed by atoms with Gasteiger partial charge in [-0.3, -0.25) is 9.59 Å². The minimum atomic E-state index is -0.487. The largest absolute Gasteiger partial charge is 0.351 e. The minimum Gasteiger partial charge on any atom is -0.351 e. The van der Waals surface area contributed by atoms with Gasteiger partial charge in [0.05, 0.1) is 5.92 Å². The molecule has 1 aromatic carbocycles. The number of carbonyl (C=O) groups excluding carboxylic acids is 3. The standard InChI is InChI=1S/C18H26N4O3/c1-12(2)10-16(23)20-14-5-7-15(8-6-14)21-17(24)13-4-3-9-22(11-13)18(19)25/h5-8,12-13H,3-4,9-11H2,1-2H3,(H2,19,25)(H,20,23)(H,21,24)/t13-/m0/s1. The molecule has 2 rings (SSSR count). The highest BCUT2D eigenvalue weighted by molar-refractivity contribution is 5.94. The fourth-order valence-electron chi connectivity index (χ4n) is 2.86. The van der Waals surface area contributed by atoms with Gasteiger partial charge in [-0.1, -0.05) is 13.8 Å². The summed E-state index contributed by atoms with van der Waals surface area (Å²) < 4.78 is 0. The Bertz CT molecular complexity index is 628. The molecule has 0 aliphatic carbocycles. The number of nitrogens with two attached hydrogens (primary N) is 1. The summed E-state index contributed by atoms with van der Waals surface area (Å²) in [5, 5.41) is 5.68. The van der Waals surface area contributed by atoms with Crippen LogP contribution in [0.1, 0.15) is 33.1 Å². The predicted octanol–water partition coefficient (Wildman–Crippen LogP) is 2.40. The van der Waals surface area contributed by atoms with E-state index in [4.69, 9.17) is 5.73 Å². The molecule has 1 aliphatic heterocycles. The quantitative estimate of drug-likeness (QED) is 0.762. The molecule has 0 saturated carbocycles. The second kappa shape index (κ2) is 8.50. The molecule has 0 aromatic heterocycles. The molecule has 4 amide bonds. The first-order chi connectivity index (χ1) is 11.8. The molecule has 7 heteroatoms. The third kappa shape index (κ3) is 5.77. The number of primary amides is 1. The van der Waals surface area contributed by atoms with E-state index < -0.39 is 6.03 Å². The third-order valence-corrected chi connectivity index (χ3v) is 4.13. The molecule has 1 aliphatic rings. The highest BCUT2D eigenvalue weighted by atomic mass is 16.2. The van der Waals surface area contributed by atoms with Crippen molar-refractivity contribution in [2.75, 3.05) is 23.7 Å². The first-order valence-electron chi connectivity index (χ1n) is 8.60. The Hall–Kier alpha value is -2.57. The van der Waals surface area contributed by atoms with E-state index >= 15 is 0 Å². The highest BCUT2D eigenvalue weighted by Crippen LogP contribution is 2.20. The lowest BCUT2D eigenvalue weighted by molar-refractivity contribution is -0.121. The number of nitrogens with zero attached hydrogens (tertiary/aromatic N) is 1. The minimum absolute atomic E-state index is 0.0273. The maximum Gasteiger partial charge on any atom is 0.314 e. The maximum atomic E-state index is 12.4. The zero-order valence-electron chi connectivity index (χ0n) is 14.7. The molecule has 1 fully saturated rings. The van der Waals surface area contributed by atoms with Crippen LogP contribution in [0.15, 0.2) is 24.3 Å². The van der Waals surface area contributed by atoms with Crippen molar-refractivity contribution in [3.05, 3.63) is 24.3 Å². The van der Waals surface area contributed by atoms with Gasteiger partial charge in [0.25, 0.3) is 0 Å². The second-order valence-electron chi connectivity index (χ2n) is 6.84. The number of rotatable bonds is 5. The van der Waals surface area contributed by atoms with Gasteiger partial charge in [-0.25, -0.2) is 4.79 Å². The number of amides is 4. The van der Waals surface area contributed by atoms with Gasteiger partial charge in [0.1, 0.15) is 0 Å². The van der Waals surface area contributed by atoms with Gasteiger partial charge >= 0.3 is 6.03 Å². The highest BCUT2D eigenvalue weighted by Gasteiger charge is 2.27. The number of hydrogen-bond acceptors (Lipinski definition) is 3. The SMILES string of the molecule is CC(C)CC(=O)Nc1ccc(NC(=O)[C@H]2CCCN(C(N)=O)C2)cc1. The van der Waals surface area contributed by atoms with Crippen LogP contribution in [0, 0.1) is 11.8 Å².